The molecule has 0 aromatic heterocycles. The lowest BCUT2D eigenvalue weighted by Gasteiger charge is -2.57. The molecule has 3 aliphatic rings. The fourth-order valence-electron chi connectivity index (χ4n) is 4.88. The predicted octanol–water partition coefficient (Wildman–Crippen LogP) is 4.82. The van der Waals surface area contributed by atoms with Crippen molar-refractivity contribution in [3.05, 3.63) is 70.5 Å². The fraction of sp³-hybridized carbons (Fsp3) is 0.409. The largest absolute Gasteiger partial charge is 0.343 e. The van der Waals surface area contributed by atoms with Gasteiger partial charge in [-0.1, -0.05) is 48.0 Å². The van der Waals surface area contributed by atoms with E-state index in [1.54, 1.807) is 6.07 Å². The van der Waals surface area contributed by atoms with Crippen LogP contribution in [0.25, 0.3) is 0 Å². The van der Waals surface area contributed by atoms with Crippen molar-refractivity contribution >= 4 is 17.5 Å². The van der Waals surface area contributed by atoms with E-state index in [-0.39, 0.29) is 28.1 Å². The first-order valence-electron chi connectivity index (χ1n) is 9.52. The maximum Gasteiger partial charge on any atom is 0.253 e. The van der Waals surface area contributed by atoms with E-state index in [0.29, 0.717) is 0 Å². The van der Waals surface area contributed by atoms with Gasteiger partial charge in [-0.05, 0) is 56.3 Å². The van der Waals surface area contributed by atoms with Crippen LogP contribution < -0.4 is 5.32 Å². The van der Waals surface area contributed by atoms with Crippen molar-refractivity contribution in [3.63, 3.8) is 0 Å². The Bertz CT molecular complexity index is 833. The first kappa shape index (κ1) is 18.5. The summed E-state index contributed by atoms with van der Waals surface area (Å²) in [6, 6.07) is 14.3. The Kier molecular flexibility index (Phi) is 4.95. The van der Waals surface area contributed by atoms with Gasteiger partial charge in [-0.3, -0.25) is 9.69 Å². The number of likely N-dealkylation sites (N-methyl/N-ethyl adjacent to an activating group) is 1. The number of carbonyl (C=O) groups excluding carboxylic acids is 1. The minimum absolute atomic E-state index is 0.119. The number of piperidine rings is 2. The summed E-state index contributed by atoms with van der Waals surface area (Å²) in [6.07, 6.45) is 4.46. The lowest BCUT2D eigenvalue weighted by atomic mass is 9.66. The summed E-state index contributed by atoms with van der Waals surface area (Å²) in [6.45, 7) is 1.06. The van der Waals surface area contributed by atoms with E-state index in [0.717, 1.165) is 30.9 Å². The van der Waals surface area contributed by atoms with Crippen molar-refractivity contribution in [2.75, 3.05) is 13.6 Å². The van der Waals surface area contributed by atoms with Crippen molar-refractivity contribution in [2.45, 2.75) is 37.3 Å². The van der Waals surface area contributed by atoms with Gasteiger partial charge in [0.15, 0.2) is 0 Å². The molecule has 2 aliphatic heterocycles. The minimum Gasteiger partial charge on any atom is -0.343 e. The third-order valence-electron chi connectivity index (χ3n) is 6.41. The van der Waals surface area contributed by atoms with Crippen molar-refractivity contribution in [3.8, 4) is 0 Å². The zero-order chi connectivity index (χ0) is 19.0. The second kappa shape index (κ2) is 7.25. The Labute approximate surface area is 164 Å². The maximum atomic E-state index is 13.8. The highest BCUT2D eigenvalue weighted by Crippen LogP contribution is 2.49. The number of rotatable bonds is 4. The molecular formula is C22H24ClFN2O. The Morgan fingerprint density at radius 2 is 1.89 bits per heavy atom. The quantitative estimate of drug-likeness (QED) is 0.816. The fourth-order valence-corrected chi connectivity index (χ4v) is 5.09. The summed E-state index contributed by atoms with van der Waals surface area (Å²) < 4.78 is 13.8. The number of hydrogen-bond acceptors (Lipinski definition) is 2. The van der Waals surface area contributed by atoms with Crippen LogP contribution in [0.15, 0.2) is 48.5 Å². The number of benzene rings is 2. The molecule has 0 unspecified atom stereocenters. The zero-order valence-corrected chi connectivity index (χ0v) is 16.2. The number of nitrogens with one attached hydrogen (secondary N) is 1. The van der Waals surface area contributed by atoms with Crippen LogP contribution in [-0.2, 0) is 0 Å². The molecule has 1 N–H and O–H groups in total. The van der Waals surface area contributed by atoms with E-state index >= 15 is 0 Å². The number of carbonyl (C=O) groups is 1. The molecule has 1 saturated carbocycles. The lowest BCUT2D eigenvalue weighted by molar-refractivity contribution is -0.0404. The van der Waals surface area contributed by atoms with Crippen molar-refractivity contribution < 1.29 is 9.18 Å². The monoisotopic (exact) mass is 386 g/mol. The molecule has 2 aromatic rings. The Hall–Kier alpha value is -1.91. The summed E-state index contributed by atoms with van der Waals surface area (Å²) in [5.74, 6) is -0.153. The third-order valence-corrected chi connectivity index (χ3v) is 6.79. The van der Waals surface area contributed by atoms with Crippen LogP contribution in [0.4, 0.5) is 4.39 Å². The summed E-state index contributed by atoms with van der Waals surface area (Å²) in [5, 5.41) is 3.08. The first-order chi connectivity index (χ1) is 13.0. The van der Waals surface area contributed by atoms with Gasteiger partial charge in [-0.15, -0.1) is 0 Å². The molecule has 2 aromatic carbocycles. The van der Waals surface area contributed by atoms with E-state index in [9.17, 15) is 9.18 Å². The second-order valence-corrected chi connectivity index (χ2v) is 8.22. The van der Waals surface area contributed by atoms with Gasteiger partial charge in [0.25, 0.3) is 5.91 Å². The van der Waals surface area contributed by atoms with Crippen molar-refractivity contribution in [1.29, 1.82) is 0 Å². The van der Waals surface area contributed by atoms with Gasteiger partial charge >= 0.3 is 0 Å². The van der Waals surface area contributed by atoms with Gasteiger partial charge in [0.2, 0.25) is 0 Å². The molecule has 1 amide bonds. The van der Waals surface area contributed by atoms with Crippen LogP contribution in [0.3, 0.4) is 0 Å². The third kappa shape index (κ3) is 3.26. The molecule has 142 valence electrons. The molecule has 3 nitrogen and oxygen atoms in total. The average Bonchev–Trinajstić information content (AvgIpc) is 2.69. The van der Waals surface area contributed by atoms with Crippen molar-refractivity contribution in [1.82, 2.24) is 10.2 Å². The summed E-state index contributed by atoms with van der Waals surface area (Å²) in [4.78, 5) is 15.5. The highest BCUT2D eigenvalue weighted by Gasteiger charge is 2.50. The van der Waals surface area contributed by atoms with Gasteiger partial charge in [0.1, 0.15) is 5.82 Å². The van der Waals surface area contributed by atoms with E-state index < -0.39 is 5.82 Å². The normalized spacial score (nSPS) is 26.0. The van der Waals surface area contributed by atoms with E-state index in [1.165, 1.54) is 25.0 Å². The lowest BCUT2D eigenvalue weighted by Crippen LogP contribution is -2.62. The molecule has 27 heavy (non-hydrogen) atoms. The molecule has 0 spiro atoms. The van der Waals surface area contributed by atoms with Crippen LogP contribution in [0, 0.1) is 11.7 Å². The molecule has 0 radical (unpaired) electrons. The van der Waals surface area contributed by atoms with Gasteiger partial charge < -0.3 is 5.32 Å². The van der Waals surface area contributed by atoms with E-state index in [1.807, 2.05) is 18.2 Å². The minimum atomic E-state index is -0.575. The SMILES string of the molecule is CN1CC2CCC1([C@H](NC(=O)c1cccc(F)c1Cl)c1ccccc1)CC2. The standard InChI is InChI=1S/C22H24ClFN2O/c1-26-14-15-10-12-22(26,13-11-15)20(16-6-3-2-4-7-16)25-21(27)17-8-5-9-18(24)19(17)23/h2-9,15,20H,10-14H2,1H3,(H,25,27)/t15?,20-,22?/m1/s1. The molecule has 5 heteroatoms. The van der Waals surface area contributed by atoms with Gasteiger partial charge in [0, 0.05) is 12.1 Å². The molecule has 3 fully saturated rings. The Balaban J connectivity index is 1.71. The molecule has 2 saturated heterocycles. The number of nitrogens with zero attached hydrogens (tertiary/aromatic N) is 1. The summed E-state index contributed by atoms with van der Waals surface area (Å²) in [5.41, 5.74) is 1.14. The van der Waals surface area contributed by atoms with Gasteiger partial charge in [-0.25, -0.2) is 4.39 Å². The predicted molar refractivity (Wildman–Crippen MR) is 105 cm³/mol. The number of halogens is 2. The summed E-state index contributed by atoms with van der Waals surface area (Å²) >= 11 is 6.06. The Morgan fingerprint density at radius 3 is 2.56 bits per heavy atom. The smallest absolute Gasteiger partial charge is 0.253 e. The Morgan fingerprint density at radius 1 is 1.19 bits per heavy atom. The van der Waals surface area contributed by atoms with Gasteiger partial charge in [0.05, 0.1) is 16.6 Å². The highest BCUT2D eigenvalue weighted by atomic mass is 35.5. The zero-order valence-electron chi connectivity index (χ0n) is 15.4. The topological polar surface area (TPSA) is 32.3 Å². The molecular weight excluding hydrogens is 363 g/mol. The first-order valence-corrected chi connectivity index (χ1v) is 9.90. The highest BCUT2D eigenvalue weighted by molar-refractivity contribution is 6.34. The van der Waals surface area contributed by atoms with Crippen LogP contribution in [0.2, 0.25) is 5.02 Å². The van der Waals surface area contributed by atoms with Gasteiger partial charge in [-0.2, -0.15) is 0 Å². The average molecular weight is 387 g/mol. The van der Waals surface area contributed by atoms with Crippen LogP contribution in [0.1, 0.15) is 47.6 Å². The number of amides is 1. The molecule has 1 atom stereocenters. The van der Waals surface area contributed by atoms with E-state index in [2.05, 4.69) is 29.4 Å². The maximum absolute atomic E-state index is 13.8. The molecule has 5 rings (SSSR count). The number of hydrogen-bond donors (Lipinski definition) is 1. The molecule has 1 aliphatic carbocycles. The summed E-state index contributed by atoms with van der Waals surface area (Å²) in [7, 11) is 2.16. The van der Waals surface area contributed by atoms with Crippen LogP contribution >= 0.6 is 11.6 Å². The molecule has 2 heterocycles. The van der Waals surface area contributed by atoms with Crippen LogP contribution in [-0.4, -0.2) is 29.9 Å². The number of fused-ring (bicyclic) bond motifs is 3. The van der Waals surface area contributed by atoms with Crippen molar-refractivity contribution in [2.24, 2.45) is 5.92 Å². The van der Waals surface area contributed by atoms with Crippen LogP contribution in [0.5, 0.6) is 0 Å². The van der Waals surface area contributed by atoms with E-state index in [4.69, 9.17) is 11.6 Å². The molecule has 2 bridgehead atoms. The second-order valence-electron chi connectivity index (χ2n) is 7.85.